The molecule has 0 spiro atoms. The van der Waals surface area contributed by atoms with Crippen molar-refractivity contribution < 1.29 is 4.57 Å². The van der Waals surface area contributed by atoms with Gasteiger partial charge in [0.1, 0.15) is 13.8 Å². The Morgan fingerprint density at radius 1 is 0.757 bits per heavy atom. The van der Waals surface area contributed by atoms with E-state index in [1.165, 1.54) is 50.2 Å². The van der Waals surface area contributed by atoms with Crippen LogP contribution in [0.5, 0.6) is 0 Å². The fourth-order valence-corrected chi connectivity index (χ4v) is 14.1. The summed E-state index contributed by atoms with van der Waals surface area (Å²) in [5.74, 6) is 0. The molecule has 4 heteroatoms. The van der Waals surface area contributed by atoms with Crippen molar-refractivity contribution in [1.29, 1.82) is 0 Å². The lowest BCUT2D eigenvalue weighted by atomic mass is 10.0. The molecule has 0 saturated carbocycles. The van der Waals surface area contributed by atoms with Gasteiger partial charge in [-0.1, -0.05) is 65.3 Å². The predicted molar refractivity (Wildman–Crippen MR) is 164 cm³/mol. The number of pyridine rings is 1. The molecule has 0 aliphatic carbocycles. The minimum absolute atomic E-state index is 0.639. The van der Waals surface area contributed by atoms with E-state index in [4.69, 9.17) is 0 Å². The minimum Gasteiger partial charge on any atom is -0.378 e. The van der Waals surface area contributed by atoms with Gasteiger partial charge in [-0.2, -0.15) is 4.57 Å². The average molecular weight is 513 g/mol. The second-order valence-electron chi connectivity index (χ2n) is 12.1. The van der Waals surface area contributed by atoms with Gasteiger partial charge in [0.2, 0.25) is 0 Å². The summed E-state index contributed by atoms with van der Waals surface area (Å²) in [5.41, 5.74) is 12.2. The first-order valence-electron chi connectivity index (χ1n) is 13.8. The fraction of sp³-hybridized carbons (Fsp3) is 0.424. The van der Waals surface area contributed by atoms with Crippen LogP contribution in [-0.4, -0.2) is 26.6 Å². The Bertz CT molecular complexity index is 1360. The van der Waals surface area contributed by atoms with Gasteiger partial charge in [0, 0.05) is 25.3 Å². The monoisotopic (exact) mass is 512 g/mol. The molecule has 0 bridgehead atoms. The molecule has 2 heterocycles. The first-order valence-corrected chi connectivity index (χ1v) is 16.1. The minimum atomic E-state index is -1.90. The maximum Gasteiger partial charge on any atom is 0.254 e. The van der Waals surface area contributed by atoms with E-state index >= 15 is 0 Å². The normalized spacial score (nSPS) is 12.4. The quantitative estimate of drug-likeness (QED) is 0.182. The molecule has 0 unspecified atom stereocenters. The Hall–Kier alpha value is -2.85. The van der Waals surface area contributed by atoms with Crippen LogP contribution in [0.15, 0.2) is 60.9 Å². The Labute approximate surface area is 225 Å². The van der Waals surface area contributed by atoms with E-state index in [9.17, 15) is 0 Å². The molecule has 0 atom stereocenters. The maximum absolute atomic E-state index is 2.56. The molecule has 0 saturated heterocycles. The number of rotatable bonds is 7. The number of anilines is 1. The molecule has 196 valence electrons. The fourth-order valence-electron chi connectivity index (χ4n) is 7.30. The number of hydrogen-bond acceptors (Lipinski definition) is 1. The van der Waals surface area contributed by atoms with Gasteiger partial charge < -0.3 is 4.90 Å². The van der Waals surface area contributed by atoms with Gasteiger partial charge in [-0.05, 0) is 84.9 Å². The summed E-state index contributed by atoms with van der Waals surface area (Å²) in [6, 6.07) is 20.7. The second-order valence-corrected chi connectivity index (χ2v) is 17.9. The maximum atomic E-state index is 2.56. The number of aryl methyl sites for hydroxylation is 3. The molecule has 0 N–H and O–H groups in total. The van der Waals surface area contributed by atoms with Gasteiger partial charge in [-0.3, -0.25) is 0 Å². The molecule has 0 radical (unpaired) electrons. The van der Waals surface area contributed by atoms with Crippen LogP contribution < -0.4 is 14.8 Å². The van der Waals surface area contributed by atoms with E-state index < -0.39 is 8.07 Å². The Kier molecular flexibility index (Phi) is 7.44. The van der Waals surface area contributed by atoms with Crippen molar-refractivity contribution in [2.24, 2.45) is 0 Å². The number of hydrogen-bond donors (Lipinski definition) is 0. The SMILES string of the molecule is Cc1cc(C)c(-[n+]2cn3c([Si](C(C)C)(C(C)C)C(C)C)cccc3c2-c2ccc(N(C)C)cc2)c(C)c1. The number of aromatic nitrogens is 2. The van der Waals surface area contributed by atoms with E-state index in [-0.39, 0.29) is 0 Å². The van der Waals surface area contributed by atoms with Crippen molar-refractivity contribution in [3.8, 4) is 16.9 Å². The number of nitrogens with zero attached hydrogens (tertiary/aromatic N) is 3. The van der Waals surface area contributed by atoms with E-state index in [1.54, 1.807) is 0 Å². The van der Waals surface area contributed by atoms with E-state index in [1.807, 2.05) is 0 Å². The van der Waals surface area contributed by atoms with Gasteiger partial charge in [0.05, 0.1) is 5.32 Å². The van der Waals surface area contributed by atoms with Crippen LogP contribution in [0, 0.1) is 20.8 Å². The van der Waals surface area contributed by atoms with Crippen molar-refractivity contribution in [1.82, 2.24) is 4.40 Å². The van der Waals surface area contributed by atoms with E-state index in [0.717, 1.165) is 0 Å². The molecule has 4 rings (SSSR count). The highest BCUT2D eigenvalue weighted by Crippen LogP contribution is 2.41. The average Bonchev–Trinajstić information content (AvgIpc) is 3.17. The molecule has 2 aromatic heterocycles. The van der Waals surface area contributed by atoms with Gasteiger partial charge in [-0.25, -0.2) is 4.40 Å². The molecule has 2 aromatic carbocycles. The molecular weight excluding hydrogens is 466 g/mol. The van der Waals surface area contributed by atoms with Crippen molar-refractivity contribution in [3.05, 3.63) is 77.6 Å². The summed E-state index contributed by atoms with van der Waals surface area (Å²) in [5, 5.41) is 1.54. The third-order valence-corrected chi connectivity index (χ3v) is 15.6. The first kappa shape index (κ1) is 27.2. The number of benzene rings is 2. The van der Waals surface area contributed by atoms with Crippen LogP contribution in [0.4, 0.5) is 5.69 Å². The smallest absolute Gasteiger partial charge is 0.254 e. The summed E-state index contributed by atoms with van der Waals surface area (Å²) >= 11 is 0. The largest absolute Gasteiger partial charge is 0.378 e. The molecule has 0 fully saturated rings. The van der Waals surface area contributed by atoms with E-state index in [2.05, 4.69) is 151 Å². The highest BCUT2D eigenvalue weighted by Gasteiger charge is 2.48. The predicted octanol–water partition coefficient (Wildman–Crippen LogP) is 7.76. The second kappa shape index (κ2) is 10.1. The lowest BCUT2D eigenvalue weighted by Gasteiger charge is -2.41. The summed E-state index contributed by atoms with van der Waals surface area (Å²) < 4.78 is 5.02. The Balaban J connectivity index is 2.15. The number of fused-ring (bicyclic) bond motifs is 1. The van der Waals surface area contributed by atoms with Gasteiger partial charge in [0.15, 0.2) is 11.2 Å². The molecule has 4 aromatic rings. The molecule has 3 nitrogen and oxygen atoms in total. The Morgan fingerprint density at radius 2 is 1.30 bits per heavy atom. The summed E-state index contributed by atoms with van der Waals surface area (Å²) in [7, 11) is 2.30. The molecular formula is C33H46N3Si+. The third-order valence-electron chi connectivity index (χ3n) is 8.58. The van der Waals surface area contributed by atoms with Gasteiger partial charge in [-0.15, -0.1) is 0 Å². The van der Waals surface area contributed by atoms with Crippen LogP contribution >= 0.6 is 0 Å². The highest BCUT2D eigenvalue weighted by atomic mass is 28.3. The zero-order valence-corrected chi connectivity index (χ0v) is 25.8. The lowest BCUT2D eigenvalue weighted by molar-refractivity contribution is -0.583. The molecule has 0 aliphatic rings. The van der Waals surface area contributed by atoms with Gasteiger partial charge >= 0.3 is 0 Å². The van der Waals surface area contributed by atoms with E-state index in [0.29, 0.717) is 16.6 Å². The molecule has 0 aliphatic heterocycles. The van der Waals surface area contributed by atoms with Crippen LogP contribution in [0.3, 0.4) is 0 Å². The zero-order valence-electron chi connectivity index (χ0n) is 24.8. The van der Waals surface area contributed by atoms with Crippen molar-refractivity contribution in [2.45, 2.75) is 78.9 Å². The highest BCUT2D eigenvalue weighted by molar-refractivity contribution is 6.94. The third kappa shape index (κ3) is 4.44. The van der Waals surface area contributed by atoms with Crippen molar-refractivity contribution >= 4 is 24.6 Å². The molecule has 0 amide bonds. The lowest BCUT2D eigenvalue weighted by Crippen LogP contribution is -2.58. The topological polar surface area (TPSA) is 11.5 Å². The Morgan fingerprint density at radius 3 is 1.78 bits per heavy atom. The van der Waals surface area contributed by atoms with Crippen molar-refractivity contribution in [3.63, 3.8) is 0 Å². The summed E-state index contributed by atoms with van der Waals surface area (Å²) in [6.45, 7) is 21.4. The summed E-state index contributed by atoms with van der Waals surface area (Å²) in [4.78, 5) is 2.16. The van der Waals surface area contributed by atoms with Crippen molar-refractivity contribution in [2.75, 3.05) is 19.0 Å². The van der Waals surface area contributed by atoms with Crippen LogP contribution in [0.2, 0.25) is 16.6 Å². The zero-order chi connectivity index (χ0) is 27.2. The summed E-state index contributed by atoms with van der Waals surface area (Å²) in [6.07, 6.45) is 2.39. The van der Waals surface area contributed by atoms with Crippen LogP contribution in [0.1, 0.15) is 58.2 Å². The number of imidazole rings is 1. The van der Waals surface area contributed by atoms with Crippen LogP contribution in [-0.2, 0) is 0 Å². The first-order chi connectivity index (χ1) is 17.4. The van der Waals surface area contributed by atoms with Crippen LogP contribution in [0.25, 0.3) is 22.5 Å². The van der Waals surface area contributed by atoms with Gasteiger partial charge in [0.25, 0.3) is 6.33 Å². The molecule has 37 heavy (non-hydrogen) atoms. The standard InChI is InChI=1S/C33H46N3Si/c1-22(2)37(23(3)4,24(5)6)31-14-12-13-30-33(28-15-17-29(18-16-28)34(10)11)36(21-35(30)31)32-26(8)19-25(7)20-27(32)9/h12-24H,1-11H3/q+1.